The van der Waals surface area contributed by atoms with Gasteiger partial charge < -0.3 is 29.5 Å². The number of hydrogen-bond acceptors (Lipinski definition) is 8. The molecule has 0 aliphatic carbocycles. The van der Waals surface area contributed by atoms with E-state index in [2.05, 4.69) is 31.4 Å². The number of ether oxygens (including phenoxy) is 2. The average Bonchev–Trinajstić information content (AvgIpc) is 3.27. The Morgan fingerprint density at radius 1 is 1.14 bits per heavy atom. The van der Waals surface area contributed by atoms with Crippen molar-refractivity contribution in [3.05, 3.63) is 64.6 Å². The molecule has 0 amide bonds. The van der Waals surface area contributed by atoms with Gasteiger partial charge in [-0.15, -0.1) is 0 Å². The van der Waals surface area contributed by atoms with E-state index in [0.717, 1.165) is 38.2 Å². The fourth-order valence-corrected chi connectivity index (χ4v) is 4.27. The summed E-state index contributed by atoms with van der Waals surface area (Å²) in [6.45, 7) is 0.485. The third kappa shape index (κ3) is 4.71. The minimum atomic E-state index is -1.21. The number of aliphatic hydroxyl groups is 1. The molecule has 2 heterocycles. The Hall–Kier alpha value is -3.89. The Kier molecular flexibility index (Phi) is 6.39. The number of nitrogens with one attached hydrogen (secondary N) is 1. The molecule has 0 fully saturated rings. The van der Waals surface area contributed by atoms with Crippen LogP contribution in [0.4, 0.5) is 11.5 Å². The van der Waals surface area contributed by atoms with Gasteiger partial charge in [-0.25, -0.2) is 4.79 Å². The molecule has 1 aromatic heterocycles. The number of rotatable bonds is 7. The molecule has 4 aromatic rings. The second-order valence-electron chi connectivity index (χ2n) is 7.75. The number of aliphatic carboxylic acids is 1. The van der Waals surface area contributed by atoms with Crippen molar-refractivity contribution in [1.82, 2.24) is 5.16 Å². The van der Waals surface area contributed by atoms with Crippen LogP contribution in [0.15, 0.2) is 68.6 Å². The normalized spacial score (nSPS) is 13.8. The van der Waals surface area contributed by atoms with Crippen molar-refractivity contribution in [2.24, 2.45) is 4.99 Å². The molecule has 0 unspecified atom stereocenters. The highest BCUT2D eigenvalue weighted by Gasteiger charge is 2.17. The molecule has 0 radical (unpaired) electrons. The predicted molar refractivity (Wildman–Crippen MR) is 134 cm³/mol. The average molecular weight is 538 g/mol. The molecule has 0 saturated heterocycles. The number of hydrogen-bond donors (Lipinski definition) is 3. The highest BCUT2D eigenvalue weighted by atomic mass is 79.9. The van der Waals surface area contributed by atoms with E-state index in [1.807, 2.05) is 42.5 Å². The minimum Gasteiger partial charge on any atom is -0.486 e. The lowest BCUT2D eigenvalue weighted by atomic mass is 10.0. The Balaban J connectivity index is 1.40. The number of carboxylic acids is 1. The van der Waals surface area contributed by atoms with Crippen LogP contribution in [0, 0.1) is 0 Å². The van der Waals surface area contributed by atoms with E-state index in [-0.39, 0.29) is 0 Å². The minimum absolute atomic E-state index is 0.506. The van der Waals surface area contributed by atoms with E-state index in [4.69, 9.17) is 24.2 Å². The van der Waals surface area contributed by atoms with E-state index >= 15 is 0 Å². The molecule has 1 aliphatic rings. The van der Waals surface area contributed by atoms with Gasteiger partial charge in [0.05, 0.1) is 17.7 Å². The molecule has 10 heteroatoms. The van der Waals surface area contributed by atoms with Crippen molar-refractivity contribution in [3.8, 4) is 22.6 Å². The number of aliphatic hydroxyl groups excluding tert-OH is 1. The topological polar surface area (TPSA) is 126 Å². The van der Waals surface area contributed by atoms with Crippen LogP contribution in [0.2, 0.25) is 0 Å². The summed E-state index contributed by atoms with van der Waals surface area (Å²) in [5, 5.41) is 26.3. The highest BCUT2D eigenvalue weighted by Crippen LogP contribution is 2.40. The number of halogens is 1. The Bertz CT molecular complexity index is 1430. The molecule has 0 saturated carbocycles. The number of aromatic nitrogens is 1. The quantitative estimate of drug-likeness (QED) is 0.291. The third-order valence-corrected chi connectivity index (χ3v) is 6.32. The predicted octanol–water partition coefficient (Wildman–Crippen LogP) is 4.64. The number of benzene rings is 3. The summed E-state index contributed by atoms with van der Waals surface area (Å²) in [5.41, 5.74) is 3.87. The summed E-state index contributed by atoms with van der Waals surface area (Å²) in [6.07, 6.45) is 1.39. The van der Waals surface area contributed by atoms with Gasteiger partial charge in [0, 0.05) is 10.7 Å². The van der Waals surface area contributed by atoms with Crippen molar-refractivity contribution in [3.63, 3.8) is 0 Å². The van der Waals surface area contributed by atoms with Gasteiger partial charge in [-0.1, -0.05) is 29.4 Å². The summed E-state index contributed by atoms with van der Waals surface area (Å²) < 4.78 is 17.7. The molecule has 0 spiro atoms. The molecule has 3 aromatic carbocycles. The Morgan fingerprint density at radius 2 is 1.97 bits per heavy atom. The van der Waals surface area contributed by atoms with Gasteiger partial charge in [-0.2, -0.15) is 0 Å². The molecular formula is C25H20BrN3O6. The third-order valence-electron chi connectivity index (χ3n) is 5.46. The molecule has 3 N–H and O–H groups in total. The molecule has 1 atom stereocenters. The first-order valence-corrected chi connectivity index (χ1v) is 11.5. The standard InChI is InChI=1S/C25H20BrN3O6/c26-23-16(15-5-7-20-22(11-15)34-9-8-33-20)2-1-3-18(23)28-24-17-6-4-14(10-21(17)35-29-24)12-27-19(13-30)25(31)32/h1-7,10-12,19,30H,8-9,13H2,(H,28,29)(H,31,32)/t19-/m0/s1. The number of fused-ring (bicyclic) bond motifs is 2. The number of carboxylic acid groups (broad SMARTS) is 1. The van der Waals surface area contributed by atoms with Crippen LogP contribution in [0.1, 0.15) is 5.56 Å². The summed E-state index contributed by atoms with van der Waals surface area (Å²) in [4.78, 5) is 14.9. The van der Waals surface area contributed by atoms with Crippen LogP contribution < -0.4 is 14.8 Å². The first kappa shape index (κ1) is 22.9. The van der Waals surface area contributed by atoms with Crippen LogP contribution in [-0.2, 0) is 4.79 Å². The SMILES string of the molecule is O=C(O)[C@H](CO)N=Cc1ccc2c(Nc3cccc(-c4ccc5c(c4)OCCO5)c3Br)noc2c1. The summed E-state index contributed by atoms with van der Waals surface area (Å²) in [7, 11) is 0. The second kappa shape index (κ2) is 9.77. The number of anilines is 2. The Morgan fingerprint density at radius 3 is 2.77 bits per heavy atom. The second-order valence-corrected chi connectivity index (χ2v) is 8.55. The van der Waals surface area contributed by atoms with Gasteiger partial charge in [-0.05, 0) is 63.0 Å². The van der Waals surface area contributed by atoms with Crippen molar-refractivity contribution < 1.29 is 29.0 Å². The zero-order valence-corrected chi connectivity index (χ0v) is 19.9. The monoisotopic (exact) mass is 537 g/mol. The number of nitrogens with zero attached hydrogens (tertiary/aromatic N) is 2. The van der Waals surface area contributed by atoms with Gasteiger partial charge in [0.1, 0.15) is 13.2 Å². The lowest BCUT2D eigenvalue weighted by Gasteiger charge is -2.19. The zero-order chi connectivity index (χ0) is 24.4. The highest BCUT2D eigenvalue weighted by molar-refractivity contribution is 9.10. The molecule has 35 heavy (non-hydrogen) atoms. The fourth-order valence-electron chi connectivity index (χ4n) is 3.68. The van der Waals surface area contributed by atoms with E-state index in [1.165, 1.54) is 6.21 Å². The van der Waals surface area contributed by atoms with Crippen LogP contribution in [0.5, 0.6) is 11.5 Å². The van der Waals surface area contributed by atoms with Crippen LogP contribution in [-0.4, -0.2) is 53.4 Å². The Labute approximate surface area is 208 Å². The lowest BCUT2D eigenvalue weighted by Crippen LogP contribution is -2.22. The van der Waals surface area contributed by atoms with Crippen molar-refractivity contribution in [2.75, 3.05) is 25.1 Å². The molecule has 9 nitrogen and oxygen atoms in total. The maximum atomic E-state index is 11.0. The van der Waals surface area contributed by atoms with Gasteiger partial charge in [-0.3, -0.25) is 4.99 Å². The lowest BCUT2D eigenvalue weighted by molar-refractivity contribution is -0.139. The molecule has 0 bridgehead atoms. The van der Waals surface area contributed by atoms with Gasteiger partial charge in [0.15, 0.2) is 28.9 Å². The van der Waals surface area contributed by atoms with E-state index in [1.54, 1.807) is 12.1 Å². The largest absolute Gasteiger partial charge is 0.486 e. The van der Waals surface area contributed by atoms with Crippen LogP contribution in [0.3, 0.4) is 0 Å². The fraction of sp³-hybridized carbons (Fsp3) is 0.160. The summed E-state index contributed by atoms with van der Waals surface area (Å²) >= 11 is 3.71. The van der Waals surface area contributed by atoms with Crippen molar-refractivity contribution >= 4 is 50.6 Å². The molecule has 178 valence electrons. The summed E-state index contributed by atoms with van der Waals surface area (Å²) in [5.74, 6) is 0.788. The smallest absolute Gasteiger partial charge is 0.330 e. The number of carbonyl (C=O) groups is 1. The van der Waals surface area contributed by atoms with E-state index < -0.39 is 18.6 Å². The maximum Gasteiger partial charge on any atom is 0.330 e. The summed E-state index contributed by atoms with van der Waals surface area (Å²) in [6, 6.07) is 15.8. The maximum absolute atomic E-state index is 11.0. The number of aliphatic imine (C=N–C) groups is 1. The van der Waals surface area contributed by atoms with Gasteiger partial charge in [0.25, 0.3) is 0 Å². The van der Waals surface area contributed by atoms with Gasteiger partial charge >= 0.3 is 5.97 Å². The molecule has 1 aliphatic heterocycles. The van der Waals surface area contributed by atoms with Gasteiger partial charge in [0.2, 0.25) is 0 Å². The molecule has 5 rings (SSSR count). The van der Waals surface area contributed by atoms with Crippen LogP contribution in [0.25, 0.3) is 22.1 Å². The van der Waals surface area contributed by atoms with Crippen molar-refractivity contribution in [2.45, 2.75) is 6.04 Å². The first-order valence-electron chi connectivity index (χ1n) is 10.8. The first-order chi connectivity index (χ1) is 17.0. The van der Waals surface area contributed by atoms with Crippen molar-refractivity contribution in [1.29, 1.82) is 0 Å². The van der Waals surface area contributed by atoms with Crippen LogP contribution >= 0.6 is 15.9 Å². The molecular weight excluding hydrogens is 518 g/mol. The van der Waals surface area contributed by atoms with E-state index in [0.29, 0.717) is 30.2 Å². The zero-order valence-electron chi connectivity index (χ0n) is 18.3. The van der Waals surface area contributed by atoms with E-state index in [9.17, 15) is 4.79 Å².